The fourth-order valence-electron chi connectivity index (χ4n) is 4.34. The van der Waals surface area contributed by atoms with E-state index < -0.39 is 4.92 Å². The van der Waals surface area contributed by atoms with E-state index in [0.717, 1.165) is 46.7 Å². The van der Waals surface area contributed by atoms with Gasteiger partial charge in [0.1, 0.15) is 0 Å². The molecule has 6 nitrogen and oxygen atoms in total. The van der Waals surface area contributed by atoms with Gasteiger partial charge in [-0.05, 0) is 83.6 Å². The van der Waals surface area contributed by atoms with Gasteiger partial charge in [-0.25, -0.2) is 0 Å². The van der Waals surface area contributed by atoms with Gasteiger partial charge in [-0.1, -0.05) is 63.1 Å². The molecule has 0 spiro atoms. The Morgan fingerprint density at radius 1 is 0.675 bits per heavy atom. The maximum absolute atomic E-state index is 10.9. The van der Waals surface area contributed by atoms with E-state index in [-0.39, 0.29) is 5.69 Å². The van der Waals surface area contributed by atoms with Crippen LogP contribution >= 0.6 is 0 Å². The molecule has 0 aliphatic rings. The van der Waals surface area contributed by atoms with E-state index in [1.54, 1.807) is 24.5 Å². The third kappa shape index (κ3) is 8.21. The Kier molecular flexibility index (Phi) is 10.3. The summed E-state index contributed by atoms with van der Waals surface area (Å²) in [6.07, 6.45) is 16.5. The summed E-state index contributed by atoms with van der Waals surface area (Å²) < 4.78 is 0. The lowest BCUT2D eigenvalue weighted by molar-refractivity contribution is -0.384. The van der Waals surface area contributed by atoms with Gasteiger partial charge in [0.05, 0.1) is 16.3 Å². The van der Waals surface area contributed by atoms with Crippen LogP contribution in [0.1, 0.15) is 61.8 Å². The number of benzene rings is 2. The largest absolute Gasteiger partial charge is 0.372 e. The molecule has 0 atom stereocenters. The highest BCUT2D eigenvalue weighted by molar-refractivity contribution is 5.74. The van der Waals surface area contributed by atoms with E-state index in [1.807, 2.05) is 36.4 Å². The van der Waals surface area contributed by atoms with E-state index in [2.05, 4.69) is 65.1 Å². The lowest BCUT2D eigenvalue weighted by Crippen LogP contribution is -2.25. The minimum absolute atomic E-state index is 0.0804. The van der Waals surface area contributed by atoms with E-state index in [9.17, 15) is 10.1 Å². The molecule has 2 heterocycles. The number of non-ortho nitro benzene ring substituents is 1. The zero-order valence-corrected chi connectivity index (χ0v) is 23.2. The first-order valence-corrected chi connectivity index (χ1v) is 13.9. The number of anilines is 1. The quantitative estimate of drug-likeness (QED) is 0.127. The van der Waals surface area contributed by atoms with Crippen LogP contribution in [0, 0.1) is 10.1 Å². The fourth-order valence-corrected chi connectivity index (χ4v) is 4.34. The SMILES string of the molecule is CCCCN(CCCC)c1ccc(/C=C/c2ccnc(-c3cc(/C=C/c4ccc([N+](=O)[O-])cc4)ccn3)c2)cc1. The van der Waals surface area contributed by atoms with Crippen molar-refractivity contribution in [2.75, 3.05) is 18.0 Å². The van der Waals surface area contributed by atoms with Crippen molar-refractivity contribution in [1.82, 2.24) is 9.97 Å². The molecule has 0 aliphatic carbocycles. The molecule has 0 radical (unpaired) electrons. The molecular formula is C34H36N4O2. The average Bonchev–Trinajstić information content (AvgIpc) is 3.00. The molecule has 0 amide bonds. The van der Waals surface area contributed by atoms with E-state index in [1.165, 1.54) is 43.5 Å². The van der Waals surface area contributed by atoms with Crippen LogP contribution in [0.4, 0.5) is 11.4 Å². The van der Waals surface area contributed by atoms with Crippen molar-refractivity contribution in [1.29, 1.82) is 0 Å². The van der Waals surface area contributed by atoms with Crippen molar-refractivity contribution < 1.29 is 4.92 Å². The van der Waals surface area contributed by atoms with Crippen LogP contribution in [0.5, 0.6) is 0 Å². The first kappa shape index (κ1) is 28.4. The standard InChI is InChI=1S/C34H36N4O2/c1-3-5-23-37(24-6-4-2)31-15-11-27(12-16-31)7-9-29-19-21-35-33(25-29)34-26-30(20-22-36-34)10-8-28-13-17-32(18-14-28)38(39)40/h7-22,25-26H,3-6,23-24H2,1-2H3/b9-7+,10-8+. The molecular weight excluding hydrogens is 496 g/mol. The summed E-state index contributed by atoms with van der Waals surface area (Å²) in [5.74, 6) is 0. The van der Waals surface area contributed by atoms with Crippen molar-refractivity contribution in [2.45, 2.75) is 39.5 Å². The number of nitro benzene ring substituents is 1. The number of hydrogen-bond donors (Lipinski definition) is 0. The Morgan fingerprint density at radius 3 is 1.57 bits per heavy atom. The summed E-state index contributed by atoms with van der Waals surface area (Å²) in [6.45, 7) is 6.69. The molecule has 4 rings (SSSR count). The normalized spacial score (nSPS) is 11.3. The molecule has 0 saturated heterocycles. The van der Waals surface area contributed by atoms with Gasteiger partial charge in [-0.15, -0.1) is 0 Å². The second kappa shape index (κ2) is 14.5. The second-order valence-electron chi connectivity index (χ2n) is 9.75. The van der Waals surface area contributed by atoms with Crippen LogP contribution in [-0.4, -0.2) is 28.0 Å². The van der Waals surface area contributed by atoms with E-state index in [0.29, 0.717) is 0 Å². The molecule has 0 aliphatic heterocycles. The number of aromatic nitrogens is 2. The monoisotopic (exact) mass is 532 g/mol. The number of hydrogen-bond acceptors (Lipinski definition) is 5. The van der Waals surface area contributed by atoms with Crippen molar-refractivity contribution in [2.24, 2.45) is 0 Å². The topological polar surface area (TPSA) is 72.2 Å². The maximum atomic E-state index is 10.9. The number of rotatable bonds is 13. The van der Waals surface area contributed by atoms with Crippen LogP contribution in [0.3, 0.4) is 0 Å². The Balaban J connectivity index is 1.44. The van der Waals surface area contributed by atoms with Gasteiger partial charge in [0.2, 0.25) is 0 Å². The molecule has 4 aromatic rings. The summed E-state index contributed by atoms with van der Waals surface area (Å²) >= 11 is 0. The van der Waals surface area contributed by atoms with Crippen molar-refractivity contribution in [3.8, 4) is 11.4 Å². The smallest absolute Gasteiger partial charge is 0.269 e. The maximum Gasteiger partial charge on any atom is 0.269 e. The predicted octanol–water partition coefficient (Wildman–Crippen LogP) is 8.80. The molecule has 0 N–H and O–H groups in total. The lowest BCUT2D eigenvalue weighted by atomic mass is 10.1. The van der Waals surface area contributed by atoms with Crippen LogP contribution < -0.4 is 4.90 Å². The highest BCUT2D eigenvalue weighted by Crippen LogP contribution is 2.21. The number of nitrogens with zero attached hydrogens (tertiary/aromatic N) is 4. The van der Waals surface area contributed by atoms with Gasteiger partial charge in [0, 0.05) is 43.3 Å². The minimum atomic E-state index is -0.397. The van der Waals surface area contributed by atoms with Gasteiger partial charge >= 0.3 is 0 Å². The predicted molar refractivity (Wildman–Crippen MR) is 167 cm³/mol. The number of nitro groups is 1. The van der Waals surface area contributed by atoms with E-state index >= 15 is 0 Å². The molecule has 2 aromatic carbocycles. The summed E-state index contributed by atoms with van der Waals surface area (Å²) in [5.41, 5.74) is 7.01. The summed E-state index contributed by atoms with van der Waals surface area (Å²) in [7, 11) is 0. The van der Waals surface area contributed by atoms with Crippen molar-refractivity contribution >= 4 is 35.7 Å². The van der Waals surface area contributed by atoms with Gasteiger partial charge in [-0.3, -0.25) is 20.1 Å². The van der Waals surface area contributed by atoms with Gasteiger partial charge in [0.15, 0.2) is 0 Å². The first-order valence-electron chi connectivity index (χ1n) is 13.9. The summed E-state index contributed by atoms with van der Waals surface area (Å²) in [5, 5.41) is 10.9. The van der Waals surface area contributed by atoms with Crippen LogP contribution in [-0.2, 0) is 0 Å². The molecule has 0 unspecified atom stereocenters. The van der Waals surface area contributed by atoms with Crippen LogP contribution in [0.2, 0.25) is 0 Å². The molecule has 0 saturated carbocycles. The zero-order chi connectivity index (χ0) is 28.2. The van der Waals surface area contributed by atoms with Crippen LogP contribution in [0.25, 0.3) is 35.7 Å². The number of pyridine rings is 2. The third-order valence-corrected chi connectivity index (χ3v) is 6.69. The molecule has 6 heteroatoms. The lowest BCUT2D eigenvalue weighted by Gasteiger charge is -2.24. The van der Waals surface area contributed by atoms with Gasteiger partial charge in [0.25, 0.3) is 5.69 Å². The molecule has 0 fully saturated rings. The molecule has 204 valence electrons. The number of unbranched alkanes of at least 4 members (excludes halogenated alkanes) is 2. The van der Waals surface area contributed by atoms with Gasteiger partial charge < -0.3 is 4.90 Å². The highest BCUT2D eigenvalue weighted by atomic mass is 16.6. The minimum Gasteiger partial charge on any atom is -0.372 e. The first-order chi connectivity index (χ1) is 19.6. The Bertz CT molecular complexity index is 1440. The van der Waals surface area contributed by atoms with Crippen molar-refractivity contribution in [3.05, 3.63) is 118 Å². The van der Waals surface area contributed by atoms with E-state index in [4.69, 9.17) is 0 Å². The van der Waals surface area contributed by atoms with Crippen LogP contribution in [0.15, 0.2) is 85.2 Å². The summed E-state index contributed by atoms with van der Waals surface area (Å²) in [4.78, 5) is 22.0. The highest BCUT2D eigenvalue weighted by Gasteiger charge is 2.06. The Hall–Kier alpha value is -4.58. The fraction of sp³-hybridized carbons (Fsp3) is 0.235. The second-order valence-corrected chi connectivity index (χ2v) is 9.75. The van der Waals surface area contributed by atoms with Crippen molar-refractivity contribution in [3.63, 3.8) is 0 Å². The molecule has 40 heavy (non-hydrogen) atoms. The summed E-state index contributed by atoms with van der Waals surface area (Å²) in [6, 6.07) is 23.2. The Morgan fingerprint density at radius 2 is 1.12 bits per heavy atom. The molecule has 2 aromatic heterocycles. The Labute approximate surface area is 236 Å². The molecule has 0 bridgehead atoms. The van der Waals surface area contributed by atoms with Gasteiger partial charge in [-0.2, -0.15) is 0 Å². The average molecular weight is 533 g/mol. The third-order valence-electron chi connectivity index (χ3n) is 6.69. The zero-order valence-electron chi connectivity index (χ0n) is 23.2.